The molecule has 5 heterocycles. The Hall–Kier alpha value is -5.51. The predicted octanol–water partition coefficient (Wildman–Crippen LogP) is 5.63. The maximum absolute atomic E-state index is 14.5. The van der Waals surface area contributed by atoms with Crippen molar-refractivity contribution in [2.75, 3.05) is 47.1 Å². The van der Waals surface area contributed by atoms with Crippen molar-refractivity contribution in [2.24, 2.45) is 17.3 Å². The van der Waals surface area contributed by atoms with Gasteiger partial charge in [-0.2, -0.15) is 0 Å². The van der Waals surface area contributed by atoms with Crippen LogP contribution in [0.1, 0.15) is 64.3 Å². The topological polar surface area (TPSA) is 174 Å². The lowest BCUT2D eigenvalue weighted by atomic mass is 9.84. The van der Waals surface area contributed by atoms with Crippen LogP contribution in [0.3, 0.4) is 0 Å². The maximum Gasteiger partial charge on any atom is 0.410 e. The van der Waals surface area contributed by atoms with Crippen LogP contribution in [-0.2, 0) is 59.3 Å². The monoisotopic (exact) mass is 852 g/mol. The molecule has 6 bridgehead atoms. The van der Waals surface area contributed by atoms with E-state index in [-0.39, 0.29) is 43.3 Å². The van der Waals surface area contributed by atoms with Gasteiger partial charge in [-0.25, -0.2) is 10.2 Å². The largest absolute Gasteiger partial charge is 0.508 e. The van der Waals surface area contributed by atoms with Gasteiger partial charge in [-0.15, -0.1) is 0 Å². The highest BCUT2D eigenvalue weighted by molar-refractivity contribution is 5.95. The van der Waals surface area contributed by atoms with Gasteiger partial charge in [-0.05, 0) is 97.2 Å². The number of carbonyl (C=O) groups is 4. The fourth-order valence-electron chi connectivity index (χ4n) is 8.92. The van der Waals surface area contributed by atoms with E-state index in [1.54, 1.807) is 25.4 Å². The predicted molar refractivity (Wildman–Crippen MR) is 233 cm³/mol. The number of hydrogen-bond donors (Lipinski definition) is 3. The number of phenolic OH excluding ortho intramolecular Hbond substituents is 1. The summed E-state index contributed by atoms with van der Waals surface area (Å²) < 4.78 is 24.6. The molecule has 62 heavy (non-hydrogen) atoms. The number of amides is 3. The van der Waals surface area contributed by atoms with Gasteiger partial charge in [0.25, 0.3) is 0 Å². The quantitative estimate of drug-likeness (QED) is 0.169. The Morgan fingerprint density at radius 1 is 1.11 bits per heavy atom. The average molecular weight is 853 g/mol. The Kier molecular flexibility index (Phi) is 13.5. The number of methoxy groups -OCH3 is 1. The summed E-state index contributed by atoms with van der Waals surface area (Å²) in [6.07, 6.45) is 2.53. The summed E-state index contributed by atoms with van der Waals surface area (Å²) in [6, 6.07) is 14.0. The Balaban J connectivity index is 1.29. The van der Waals surface area contributed by atoms with Gasteiger partial charge < -0.3 is 33.9 Å². The van der Waals surface area contributed by atoms with Gasteiger partial charge in [0.2, 0.25) is 11.8 Å². The van der Waals surface area contributed by atoms with Gasteiger partial charge in [-0.1, -0.05) is 39.8 Å². The molecule has 0 radical (unpaired) electrons. The minimum atomic E-state index is -0.880. The van der Waals surface area contributed by atoms with Crippen LogP contribution in [0.2, 0.25) is 0 Å². The number of ether oxygens (including phenoxy) is 4. The highest BCUT2D eigenvalue weighted by atomic mass is 16.6. The first kappa shape index (κ1) is 44.5. The number of nitrogens with zero attached hydrogens (tertiary/aromatic N) is 4. The molecular formula is C47H60N6O9. The van der Waals surface area contributed by atoms with Crippen LogP contribution in [-0.4, -0.2) is 114 Å². The number of pyridine rings is 1. The van der Waals surface area contributed by atoms with Gasteiger partial charge in [-0.3, -0.25) is 29.3 Å². The second-order valence-corrected chi connectivity index (χ2v) is 17.9. The smallest absolute Gasteiger partial charge is 0.410 e. The molecule has 3 atom stereocenters. The summed E-state index contributed by atoms with van der Waals surface area (Å²) in [5, 5.41) is 16.7. The molecule has 0 unspecified atom stereocenters. The first-order chi connectivity index (χ1) is 29.7. The fourth-order valence-corrected chi connectivity index (χ4v) is 8.92. The Labute approximate surface area is 363 Å². The number of benzene rings is 2. The molecule has 3 N–H and O–H groups in total. The van der Waals surface area contributed by atoms with Crippen LogP contribution in [0.15, 0.2) is 54.7 Å². The molecule has 0 saturated carbocycles. The van der Waals surface area contributed by atoms with Crippen molar-refractivity contribution in [3.8, 4) is 28.1 Å². The number of carbonyl (C=O) groups excluding carboxylic acids is 4. The molecule has 332 valence electrons. The number of aromatic nitrogens is 2. The number of hydrazine groups is 1. The van der Waals surface area contributed by atoms with E-state index in [2.05, 4.69) is 54.3 Å². The highest BCUT2D eigenvalue weighted by Gasteiger charge is 2.37. The van der Waals surface area contributed by atoms with Crippen LogP contribution in [0.25, 0.3) is 33.3 Å². The molecule has 2 saturated heterocycles. The lowest BCUT2D eigenvalue weighted by Crippen LogP contribution is -2.58. The third-order valence-corrected chi connectivity index (χ3v) is 12.1. The van der Waals surface area contributed by atoms with Gasteiger partial charge in [0.05, 0.1) is 43.7 Å². The Morgan fingerprint density at radius 3 is 2.61 bits per heavy atom. The number of rotatable bonds is 10. The van der Waals surface area contributed by atoms with Crippen LogP contribution in [0.5, 0.6) is 5.75 Å². The number of likely N-dealkylation sites (N-methyl/N-ethyl adjacent to an activating group) is 1. The molecule has 2 fully saturated rings. The number of phenols is 1. The van der Waals surface area contributed by atoms with Crippen molar-refractivity contribution in [1.29, 1.82) is 0 Å². The number of aryl methyl sites for hydroxylation is 1. The zero-order valence-corrected chi connectivity index (χ0v) is 36.9. The van der Waals surface area contributed by atoms with E-state index >= 15 is 0 Å². The summed E-state index contributed by atoms with van der Waals surface area (Å²) >= 11 is 0. The molecule has 3 aliphatic heterocycles. The summed E-state index contributed by atoms with van der Waals surface area (Å²) in [4.78, 5) is 61.2. The third-order valence-electron chi connectivity index (χ3n) is 12.1. The lowest BCUT2D eigenvalue weighted by Gasteiger charge is -2.36. The number of esters is 1. The number of nitrogens with one attached hydrogen (secondary N) is 2. The molecule has 3 aliphatic rings. The minimum Gasteiger partial charge on any atom is -0.508 e. The third kappa shape index (κ3) is 9.59. The Morgan fingerprint density at radius 2 is 1.90 bits per heavy atom. The summed E-state index contributed by atoms with van der Waals surface area (Å²) in [5.74, 6) is -2.27. The van der Waals surface area contributed by atoms with Crippen molar-refractivity contribution in [2.45, 2.75) is 91.6 Å². The summed E-state index contributed by atoms with van der Waals surface area (Å²) in [7, 11) is 3.18. The number of hydrogen-bond acceptors (Lipinski definition) is 11. The maximum atomic E-state index is 14.5. The van der Waals surface area contributed by atoms with Gasteiger partial charge in [0.1, 0.15) is 17.8 Å². The lowest BCUT2D eigenvalue weighted by molar-refractivity contribution is -0.155. The van der Waals surface area contributed by atoms with Crippen LogP contribution < -0.4 is 10.7 Å². The molecule has 4 aromatic rings. The molecule has 15 nitrogen and oxygen atoms in total. The zero-order chi connectivity index (χ0) is 44.3. The molecule has 2 aromatic heterocycles. The Bertz CT molecular complexity index is 2300. The molecule has 0 spiro atoms. The standard InChI is InChI=1S/C47H60N6O9/c1-8-52-40-14-13-30-21-36(40)37(42(52)35-11-9-15-48-39(35)26-59-7)22-47(4,5)27-61-45(57)38-12-10-16-53(50-38)44(56)32(18-29-17-31(30)20-33(54)19-29)23-49-43(55)41(28(2)3)51(6)46(58)62-34-24-60-25-34/h9,11,13-15,17,19-21,28,32,34,38,41,50,54H,8,10,12,16,18,22-27H2,1-7H3,(H,49,55)/t32-,38+,41+/m1/s1. The second-order valence-electron chi connectivity index (χ2n) is 17.9. The van der Waals surface area contributed by atoms with Crippen molar-refractivity contribution >= 4 is 34.8 Å². The van der Waals surface area contributed by atoms with Gasteiger partial charge in [0.15, 0.2) is 6.10 Å². The molecule has 3 amide bonds. The highest BCUT2D eigenvalue weighted by Crippen LogP contribution is 2.41. The van der Waals surface area contributed by atoms with E-state index in [1.165, 1.54) is 17.0 Å². The van der Waals surface area contributed by atoms with Crippen LogP contribution in [0.4, 0.5) is 4.79 Å². The fraction of sp³-hybridized carbons (Fsp3) is 0.511. The average Bonchev–Trinajstić information content (AvgIpc) is 3.53. The van der Waals surface area contributed by atoms with E-state index in [9.17, 15) is 24.3 Å². The van der Waals surface area contributed by atoms with Crippen molar-refractivity contribution < 1.29 is 43.2 Å². The van der Waals surface area contributed by atoms with Crippen molar-refractivity contribution in [3.63, 3.8) is 0 Å². The second kappa shape index (κ2) is 18.9. The molecular weight excluding hydrogens is 793 g/mol. The van der Waals surface area contributed by atoms with Gasteiger partial charge >= 0.3 is 12.1 Å². The van der Waals surface area contributed by atoms with E-state index < -0.39 is 41.4 Å². The first-order valence-electron chi connectivity index (χ1n) is 21.6. The van der Waals surface area contributed by atoms with Crippen molar-refractivity contribution in [3.05, 3.63) is 71.5 Å². The van der Waals surface area contributed by atoms with E-state index in [1.807, 2.05) is 32.0 Å². The first-order valence-corrected chi connectivity index (χ1v) is 21.6. The SMILES string of the molecule is CCn1c(-c2cccnc2COC)c2c3cc(ccc31)-c1cc(O)cc(c1)C[C@H](CNC(=O)[C@H](C(C)C)N(C)C(=O)OC1COC1)C(=O)N1CCC[C@H](N1)C(=O)OCC(C)(C)C2. The van der Waals surface area contributed by atoms with Crippen LogP contribution >= 0.6 is 0 Å². The van der Waals surface area contributed by atoms with Gasteiger partial charge in [0, 0.05) is 61.9 Å². The van der Waals surface area contributed by atoms with E-state index in [0.29, 0.717) is 57.7 Å². The number of fused-ring (bicyclic) bond motifs is 6. The minimum absolute atomic E-state index is 0.0331. The number of cyclic esters (lactones) is 1. The van der Waals surface area contributed by atoms with E-state index in [4.69, 9.17) is 23.9 Å². The van der Waals surface area contributed by atoms with E-state index in [0.717, 1.165) is 44.5 Å². The molecule has 2 aromatic carbocycles. The zero-order valence-electron chi connectivity index (χ0n) is 36.9. The van der Waals surface area contributed by atoms with Crippen LogP contribution in [0, 0.1) is 17.3 Å². The van der Waals surface area contributed by atoms with Crippen molar-refractivity contribution in [1.82, 2.24) is 30.2 Å². The molecule has 7 rings (SSSR count). The normalized spacial score (nSPS) is 20.0. The molecule has 0 aliphatic carbocycles. The summed E-state index contributed by atoms with van der Waals surface area (Å²) in [6.45, 7) is 12.0. The summed E-state index contributed by atoms with van der Waals surface area (Å²) in [5.41, 5.74) is 9.84. The number of aromatic hydroxyl groups is 1. The molecule has 15 heteroatoms.